The van der Waals surface area contributed by atoms with E-state index in [9.17, 15) is 13.2 Å². The summed E-state index contributed by atoms with van der Waals surface area (Å²) < 4.78 is 37.6. The second-order valence-electron chi connectivity index (χ2n) is 4.41. The fourth-order valence-electron chi connectivity index (χ4n) is 1.90. The molecule has 2 rings (SSSR count). The Morgan fingerprint density at radius 2 is 1.95 bits per heavy atom. The monoisotopic (exact) mass is 270 g/mol. The molecule has 1 aromatic carbocycles. The lowest BCUT2D eigenvalue weighted by Gasteiger charge is -2.06. The third-order valence-electron chi connectivity index (χ3n) is 2.63. The van der Waals surface area contributed by atoms with Gasteiger partial charge in [0.2, 0.25) is 0 Å². The third kappa shape index (κ3) is 3.57. The van der Waals surface area contributed by atoms with Gasteiger partial charge in [0.15, 0.2) is 0 Å². The zero-order chi connectivity index (χ0) is 14.0. The van der Waals surface area contributed by atoms with Crippen LogP contribution in [0.25, 0.3) is 11.1 Å². The number of aliphatic hydroxyl groups excluding tert-OH is 1. The van der Waals surface area contributed by atoms with Crippen LogP contribution < -0.4 is 0 Å². The zero-order valence-corrected chi connectivity index (χ0v) is 10.3. The van der Waals surface area contributed by atoms with E-state index in [0.717, 1.165) is 21.4 Å². The highest BCUT2D eigenvalue weighted by atomic mass is 19.4. The highest BCUT2D eigenvalue weighted by molar-refractivity contribution is 5.63. The van der Waals surface area contributed by atoms with Crippen molar-refractivity contribution >= 4 is 0 Å². The van der Waals surface area contributed by atoms with Crippen LogP contribution in [0.2, 0.25) is 0 Å². The van der Waals surface area contributed by atoms with Crippen LogP contribution in [0.15, 0.2) is 30.6 Å². The van der Waals surface area contributed by atoms with Crippen LogP contribution in [0.1, 0.15) is 11.1 Å². The van der Waals surface area contributed by atoms with E-state index in [1.165, 1.54) is 12.4 Å². The molecule has 1 aromatic heterocycles. The molecule has 0 saturated carbocycles. The van der Waals surface area contributed by atoms with Gasteiger partial charge in [0, 0.05) is 11.8 Å². The molecule has 102 valence electrons. The second kappa shape index (κ2) is 5.05. The number of rotatable bonds is 3. The minimum atomic E-state index is -4.29. The molecule has 2 aromatic rings. The van der Waals surface area contributed by atoms with E-state index >= 15 is 0 Å². The molecule has 0 radical (unpaired) electrons. The lowest BCUT2D eigenvalue weighted by molar-refractivity contribution is -0.142. The van der Waals surface area contributed by atoms with E-state index in [-0.39, 0.29) is 6.61 Å². The van der Waals surface area contributed by atoms with Gasteiger partial charge in [-0.2, -0.15) is 18.3 Å². The molecule has 0 amide bonds. The molecule has 0 saturated heterocycles. The van der Waals surface area contributed by atoms with Gasteiger partial charge in [0.1, 0.15) is 6.54 Å². The molecule has 0 aliphatic carbocycles. The van der Waals surface area contributed by atoms with Crippen molar-refractivity contribution in [3.05, 3.63) is 41.7 Å². The fraction of sp³-hybridized carbons (Fsp3) is 0.308. The van der Waals surface area contributed by atoms with Crippen molar-refractivity contribution in [3.8, 4) is 11.1 Å². The minimum absolute atomic E-state index is 0.106. The maximum absolute atomic E-state index is 12.2. The molecule has 0 atom stereocenters. The SMILES string of the molecule is Cc1cc(CO)cc(-c2cnn(CC(F)(F)F)c2)c1. The van der Waals surface area contributed by atoms with Crippen molar-refractivity contribution in [1.29, 1.82) is 0 Å². The van der Waals surface area contributed by atoms with E-state index in [1.807, 2.05) is 19.1 Å². The molecule has 0 bridgehead atoms. The first-order valence-corrected chi connectivity index (χ1v) is 5.68. The molecule has 3 nitrogen and oxygen atoms in total. The first kappa shape index (κ1) is 13.6. The summed E-state index contributed by atoms with van der Waals surface area (Å²) in [6, 6.07) is 5.40. The Morgan fingerprint density at radius 3 is 2.58 bits per heavy atom. The van der Waals surface area contributed by atoms with Crippen molar-refractivity contribution in [2.75, 3.05) is 0 Å². The molecule has 1 heterocycles. The minimum Gasteiger partial charge on any atom is -0.392 e. The van der Waals surface area contributed by atoms with Gasteiger partial charge in [0.05, 0.1) is 12.8 Å². The summed E-state index contributed by atoms with van der Waals surface area (Å²) in [5, 5.41) is 12.8. The summed E-state index contributed by atoms with van der Waals surface area (Å²) in [6.45, 7) is 0.653. The first-order chi connectivity index (χ1) is 8.87. The third-order valence-corrected chi connectivity index (χ3v) is 2.63. The summed E-state index contributed by atoms with van der Waals surface area (Å²) in [5.74, 6) is 0. The Morgan fingerprint density at radius 1 is 1.21 bits per heavy atom. The number of alkyl halides is 3. The van der Waals surface area contributed by atoms with E-state index in [1.54, 1.807) is 6.07 Å². The van der Waals surface area contributed by atoms with Crippen molar-refractivity contribution in [2.24, 2.45) is 0 Å². The smallest absolute Gasteiger partial charge is 0.392 e. The maximum atomic E-state index is 12.2. The van der Waals surface area contributed by atoms with Gasteiger partial charge < -0.3 is 5.11 Å². The van der Waals surface area contributed by atoms with Gasteiger partial charge in [-0.05, 0) is 24.1 Å². The number of aliphatic hydroxyl groups is 1. The fourth-order valence-corrected chi connectivity index (χ4v) is 1.90. The van der Waals surface area contributed by atoms with Crippen molar-refractivity contribution in [3.63, 3.8) is 0 Å². The number of aromatic nitrogens is 2. The van der Waals surface area contributed by atoms with Gasteiger partial charge in [-0.25, -0.2) is 0 Å². The van der Waals surface area contributed by atoms with Gasteiger partial charge in [-0.3, -0.25) is 4.68 Å². The lowest BCUT2D eigenvalue weighted by Crippen LogP contribution is -2.17. The summed E-state index contributed by atoms with van der Waals surface area (Å²) in [7, 11) is 0. The average molecular weight is 270 g/mol. The van der Waals surface area contributed by atoms with E-state index in [2.05, 4.69) is 5.10 Å². The highest BCUT2D eigenvalue weighted by Crippen LogP contribution is 2.23. The molecule has 19 heavy (non-hydrogen) atoms. The number of halogens is 3. The number of nitrogens with zero attached hydrogens (tertiary/aromatic N) is 2. The summed E-state index contributed by atoms with van der Waals surface area (Å²) in [5.41, 5.74) is 3.00. The molecule has 1 N–H and O–H groups in total. The van der Waals surface area contributed by atoms with Crippen LogP contribution in [0, 0.1) is 6.92 Å². The van der Waals surface area contributed by atoms with Crippen LogP contribution in [-0.2, 0) is 13.2 Å². The Bertz CT molecular complexity index is 576. The van der Waals surface area contributed by atoms with E-state index in [0.29, 0.717) is 5.56 Å². The van der Waals surface area contributed by atoms with Gasteiger partial charge >= 0.3 is 6.18 Å². The van der Waals surface area contributed by atoms with Gasteiger partial charge in [0.25, 0.3) is 0 Å². The summed E-state index contributed by atoms with van der Waals surface area (Å²) in [4.78, 5) is 0. The number of hydrogen-bond acceptors (Lipinski definition) is 2. The molecule has 0 aliphatic heterocycles. The maximum Gasteiger partial charge on any atom is 0.408 e. The predicted octanol–water partition coefficient (Wildman–Crippen LogP) is 2.91. The van der Waals surface area contributed by atoms with E-state index < -0.39 is 12.7 Å². The van der Waals surface area contributed by atoms with Crippen LogP contribution in [-0.4, -0.2) is 21.1 Å². The standard InChI is InChI=1S/C13H13F3N2O/c1-9-2-10(7-19)4-11(3-9)12-5-17-18(6-12)8-13(14,15)16/h2-6,19H,7-8H2,1H3. The van der Waals surface area contributed by atoms with Crippen molar-refractivity contribution in [2.45, 2.75) is 26.3 Å². The van der Waals surface area contributed by atoms with Crippen LogP contribution in [0.3, 0.4) is 0 Å². The first-order valence-electron chi connectivity index (χ1n) is 5.68. The molecule has 0 aliphatic rings. The van der Waals surface area contributed by atoms with Crippen molar-refractivity contribution < 1.29 is 18.3 Å². The molecule has 6 heteroatoms. The average Bonchev–Trinajstić information content (AvgIpc) is 2.74. The Balaban J connectivity index is 2.30. The topological polar surface area (TPSA) is 38.1 Å². The Kier molecular flexibility index (Phi) is 3.61. The molecule has 0 spiro atoms. The summed E-state index contributed by atoms with van der Waals surface area (Å²) in [6.07, 6.45) is -1.54. The lowest BCUT2D eigenvalue weighted by atomic mass is 10.0. The Hall–Kier alpha value is -1.82. The van der Waals surface area contributed by atoms with Crippen LogP contribution >= 0.6 is 0 Å². The quantitative estimate of drug-likeness (QED) is 0.931. The largest absolute Gasteiger partial charge is 0.408 e. The number of hydrogen-bond donors (Lipinski definition) is 1. The highest BCUT2D eigenvalue weighted by Gasteiger charge is 2.28. The second-order valence-corrected chi connectivity index (χ2v) is 4.41. The zero-order valence-electron chi connectivity index (χ0n) is 10.3. The molecule has 0 unspecified atom stereocenters. The predicted molar refractivity (Wildman–Crippen MR) is 64.4 cm³/mol. The van der Waals surface area contributed by atoms with Gasteiger partial charge in [-0.1, -0.05) is 17.7 Å². The molecule has 0 fully saturated rings. The van der Waals surface area contributed by atoms with Crippen LogP contribution in [0.4, 0.5) is 13.2 Å². The van der Waals surface area contributed by atoms with Gasteiger partial charge in [-0.15, -0.1) is 0 Å². The number of benzene rings is 1. The normalized spacial score (nSPS) is 11.8. The van der Waals surface area contributed by atoms with Crippen LogP contribution in [0.5, 0.6) is 0 Å². The number of aryl methyl sites for hydroxylation is 1. The van der Waals surface area contributed by atoms with E-state index in [4.69, 9.17) is 5.11 Å². The molecular formula is C13H13F3N2O. The molecular weight excluding hydrogens is 257 g/mol. The van der Waals surface area contributed by atoms with Crippen molar-refractivity contribution in [1.82, 2.24) is 9.78 Å². The Labute approximate surface area is 108 Å². The summed E-state index contributed by atoms with van der Waals surface area (Å²) >= 11 is 0.